The highest BCUT2D eigenvalue weighted by molar-refractivity contribution is 5.84. The summed E-state index contributed by atoms with van der Waals surface area (Å²) in [6, 6.07) is 8.82. The van der Waals surface area contributed by atoms with Gasteiger partial charge in [-0.1, -0.05) is 31.4 Å². The monoisotopic (exact) mass is 550 g/mol. The Bertz CT molecular complexity index is 1610. The first-order valence-electron chi connectivity index (χ1n) is 14.3. The Morgan fingerprint density at radius 2 is 1.82 bits per heavy atom. The average molecular weight is 551 g/mol. The maximum atomic E-state index is 14.4. The largest absolute Gasteiger partial charge is 0.418 e. The number of halogens is 3. The van der Waals surface area contributed by atoms with Crippen LogP contribution in [-0.4, -0.2) is 42.3 Å². The van der Waals surface area contributed by atoms with E-state index in [4.69, 9.17) is 0 Å². The number of alkyl halides is 3. The van der Waals surface area contributed by atoms with Gasteiger partial charge in [0.25, 0.3) is 5.56 Å². The summed E-state index contributed by atoms with van der Waals surface area (Å²) < 4.78 is 46.1. The molecule has 3 fully saturated rings. The summed E-state index contributed by atoms with van der Waals surface area (Å²) in [4.78, 5) is 19.1. The maximum absolute atomic E-state index is 14.4. The normalized spacial score (nSPS) is 22.9. The van der Waals surface area contributed by atoms with Gasteiger partial charge in [-0.25, -0.2) is 0 Å². The van der Waals surface area contributed by atoms with Gasteiger partial charge in [-0.2, -0.15) is 13.2 Å². The zero-order chi connectivity index (χ0) is 27.6. The molecule has 1 aliphatic heterocycles. The highest BCUT2D eigenvalue weighted by Crippen LogP contribution is 2.48. The van der Waals surface area contributed by atoms with Crippen LogP contribution < -0.4 is 5.56 Å². The number of nitrogens with zero attached hydrogens (tertiary/aromatic N) is 5. The molecule has 4 aromatic rings. The number of aryl methyl sites for hydroxylation is 1. The summed E-state index contributed by atoms with van der Waals surface area (Å²) in [5.74, 6) is 2.17. The fourth-order valence-corrected chi connectivity index (χ4v) is 7.49. The average Bonchev–Trinajstić information content (AvgIpc) is 3.62. The fourth-order valence-electron chi connectivity index (χ4n) is 7.49. The molecule has 0 spiro atoms. The second kappa shape index (κ2) is 9.33. The van der Waals surface area contributed by atoms with E-state index in [1.165, 1.54) is 31.7 Å². The lowest BCUT2D eigenvalue weighted by atomic mass is 9.63. The molecule has 10 heteroatoms. The highest BCUT2D eigenvalue weighted by Gasteiger charge is 2.44. The number of aromatic nitrogens is 5. The number of fused-ring (bicyclic) bond motifs is 2. The second-order valence-electron chi connectivity index (χ2n) is 12.0. The lowest BCUT2D eigenvalue weighted by Gasteiger charge is -2.41. The van der Waals surface area contributed by atoms with Gasteiger partial charge in [0.15, 0.2) is 0 Å². The van der Waals surface area contributed by atoms with Crippen LogP contribution in [0.4, 0.5) is 13.2 Å². The number of hydrogen-bond acceptors (Lipinski definition) is 4. The van der Waals surface area contributed by atoms with Crippen LogP contribution in [0.25, 0.3) is 16.6 Å². The van der Waals surface area contributed by atoms with E-state index >= 15 is 0 Å². The van der Waals surface area contributed by atoms with Crippen LogP contribution in [0.5, 0.6) is 0 Å². The summed E-state index contributed by atoms with van der Waals surface area (Å²) in [6.45, 7) is 2.46. The van der Waals surface area contributed by atoms with Crippen LogP contribution in [0.15, 0.2) is 47.7 Å². The SMILES string of the molecule is Cn1cnnc1C1(c2cccc(-n3cc(C(F)(F)F)c4cc(CN5C[C@H]6CCCC[C@H]6C5)[nH]c4c3=O)c2)CCC1. The van der Waals surface area contributed by atoms with E-state index < -0.39 is 17.3 Å². The Hall–Kier alpha value is -3.40. The predicted molar refractivity (Wildman–Crippen MR) is 145 cm³/mol. The molecule has 0 amide bonds. The molecule has 7 nitrogen and oxygen atoms in total. The zero-order valence-corrected chi connectivity index (χ0v) is 22.5. The first-order valence-corrected chi connectivity index (χ1v) is 14.3. The molecule has 1 saturated heterocycles. The summed E-state index contributed by atoms with van der Waals surface area (Å²) in [6.07, 6.45) is 5.74. The van der Waals surface area contributed by atoms with Gasteiger partial charge < -0.3 is 9.55 Å². The van der Waals surface area contributed by atoms with E-state index in [0.29, 0.717) is 29.8 Å². The van der Waals surface area contributed by atoms with Gasteiger partial charge in [0.1, 0.15) is 17.7 Å². The third kappa shape index (κ3) is 4.10. The molecular formula is C30H33F3N6O. The molecular weight excluding hydrogens is 517 g/mol. The van der Waals surface area contributed by atoms with Gasteiger partial charge in [0.05, 0.1) is 11.0 Å². The summed E-state index contributed by atoms with van der Waals surface area (Å²) in [5, 5.41) is 8.33. The molecule has 0 radical (unpaired) electrons. The molecule has 7 rings (SSSR count). The van der Waals surface area contributed by atoms with E-state index in [1.807, 2.05) is 23.7 Å². The first-order chi connectivity index (χ1) is 19.2. The van der Waals surface area contributed by atoms with Gasteiger partial charge in [0.2, 0.25) is 0 Å². The molecule has 3 aromatic heterocycles. The van der Waals surface area contributed by atoms with Crippen molar-refractivity contribution < 1.29 is 13.2 Å². The van der Waals surface area contributed by atoms with Crippen molar-refractivity contribution in [2.24, 2.45) is 18.9 Å². The molecule has 2 aliphatic carbocycles. The van der Waals surface area contributed by atoms with E-state index in [0.717, 1.165) is 54.5 Å². The van der Waals surface area contributed by atoms with Crippen LogP contribution in [0.2, 0.25) is 0 Å². The van der Waals surface area contributed by atoms with Gasteiger partial charge in [-0.15, -0.1) is 10.2 Å². The first kappa shape index (κ1) is 25.6. The lowest BCUT2D eigenvalue weighted by molar-refractivity contribution is -0.136. The Balaban J connectivity index is 1.28. The van der Waals surface area contributed by atoms with Crippen molar-refractivity contribution in [3.63, 3.8) is 0 Å². The van der Waals surface area contributed by atoms with Gasteiger partial charge in [0, 0.05) is 49.6 Å². The van der Waals surface area contributed by atoms with E-state index in [2.05, 4.69) is 20.1 Å². The molecule has 0 bridgehead atoms. The number of benzene rings is 1. The lowest BCUT2D eigenvalue weighted by Crippen LogP contribution is -2.38. The standard InChI is InChI=1S/C30H33F3N6O/c1-37-18-34-36-28(37)29(10-5-11-29)21-8-4-9-23(12-21)39-17-25(30(31,32)33)24-13-22(35-26(24)27(39)40)16-38-14-19-6-2-3-7-20(19)15-38/h4,8-9,12-13,17-20,35H,2-3,5-7,10-11,14-16H2,1H3/t19-,20+. The third-order valence-electron chi connectivity index (χ3n) is 9.63. The zero-order valence-electron chi connectivity index (χ0n) is 22.5. The number of aromatic amines is 1. The molecule has 4 heterocycles. The number of rotatable bonds is 5. The van der Waals surface area contributed by atoms with Crippen molar-refractivity contribution in [1.82, 2.24) is 29.2 Å². The topological polar surface area (TPSA) is 71.7 Å². The van der Waals surface area contributed by atoms with Crippen molar-refractivity contribution >= 4 is 10.9 Å². The minimum absolute atomic E-state index is 0.00139. The molecule has 0 unspecified atom stereocenters. The molecule has 2 atom stereocenters. The molecule has 2 saturated carbocycles. The Morgan fingerprint density at radius 3 is 2.45 bits per heavy atom. The highest BCUT2D eigenvalue weighted by atomic mass is 19.4. The van der Waals surface area contributed by atoms with E-state index in [9.17, 15) is 18.0 Å². The molecule has 40 heavy (non-hydrogen) atoms. The van der Waals surface area contributed by atoms with Crippen molar-refractivity contribution in [1.29, 1.82) is 0 Å². The minimum Gasteiger partial charge on any atom is -0.353 e. The third-order valence-corrected chi connectivity index (χ3v) is 9.63. The van der Waals surface area contributed by atoms with Gasteiger partial charge in [-0.05, 0) is 61.3 Å². The van der Waals surface area contributed by atoms with Crippen LogP contribution >= 0.6 is 0 Å². The van der Waals surface area contributed by atoms with E-state index in [-0.39, 0.29) is 16.3 Å². The fraction of sp³-hybridized carbons (Fsp3) is 0.500. The van der Waals surface area contributed by atoms with Crippen molar-refractivity contribution in [2.75, 3.05) is 13.1 Å². The second-order valence-corrected chi connectivity index (χ2v) is 12.0. The number of pyridine rings is 1. The Labute approximate surface area is 230 Å². The summed E-state index contributed by atoms with van der Waals surface area (Å²) in [5.41, 5.74) is 0.323. The van der Waals surface area contributed by atoms with Crippen LogP contribution in [0.1, 0.15) is 67.6 Å². The summed E-state index contributed by atoms with van der Waals surface area (Å²) >= 11 is 0. The van der Waals surface area contributed by atoms with Gasteiger partial charge in [-0.3, -0.25) is 14.3 Å². The van der Waals surface area contributed by atoms with Crippen LogP contribution in [0, 0.1) is 11.8 Å². The smallest absolute Gasteiger partial charge is 0.353 e. The predicted octanol–water partition coefficient (Wildman–Crippen LogP) is 5.56. The quantitative estimate of drug-likeness (QED) is 0.353. The molecule has 210 valence electrons. The molecule has 1 aromatic carbocycles. The molecule has 3 aliphatic rings. The Kier molecular flexibility index (Phi) is 5.96. The minimum atomic E-state index is -4.61. The van der Waals surface area contributed by atoms with Crippen LogP contribution in [0.3, 0.4) is 0 Å². The van der Waals surface area contributed by atoms with Crippen molar-refractivity contribution in [3.8, 4) is 5.69 Å². The van der Waals surface area contributed by atoms with Gasteiger partial charge >= 0.3 is 6.18 Å². The number of nitrogens with one attached hydrogen (secondary N) is 1. The summed E-state index contributed by atoms with van der Waals surface area (Å²) in [7, 11) is 1.90. The number of H-pyrrole nitrogens is 1. The van der Waals surface area contributed by atoms with E-state index in [1.54, 1.807) is 18.5 Å². The number of likely N-dealkylation sites (tertiary alicyclic amines) is 1. The van der Waals surface area contributed by atoms with Crippen molar-refractivity contribution in [2.45, 2.75) is 63.1 Å². The molecule has 1 N–H and O–H groups in total. The number of hydrogen-bond donors (Lipinski definition) is 1. The maximum Gasteiger partial charge on any atom is 0.418 e. The van der Waals surface area contributed by atoms with Crippen molar-refractivity contribution in [3.05, 3.63) is 75.9 Å². The Morgan fingerprint density at radius 1 is 1.07 bits per heavy atom. The van der Waals surface area contributed by atoms with Crippen LogP contribution in [-0.2, 0) is 25.2 Å².